The number of esters is 1. The first-order valence-electron chi connectivity index (χ1n) is 14.6. The van der Waals surface area contributed by atoms with E-state index in [1.807, 2.05) is 13.0 Å². The number of ether oxygens (including phenoxy) is 1. The van der Waals surface area contributed by atoms with Crippen molar-refractivity contribution in [3.63, 3.8) is 0 Å². The summed E-state index contributed by atoms with van der Waals surface area (Å²) in [7, 11) is 0. The Labute approximate surface area is 229 Å². The maximum absolute atomic E-state index is 13.4. The van der Waals surface area contributed by atoms with Crippen LogP contribution in [-0.2, 0) is 28.7 Å². The minimum absolute atomic E-state index is 0.00931. The molecule has 0 spiro atoms. The molecule has 9 nitrogen and oxygen atoms in total. The molecule has 7 unspecified atom stereocenters. The second-order valence-electron chi connectivity index (χ2n) is 13.0. The van der Waals surface area contributed by atoms with E-state index < -0.39 is 47.3 Å². The number of allylic oxidation sites excluding steroid dienone is 1. The van der Waals surface area contributed by atoms with Gasteiger partial charge < -0.3 is 19.8 Å². The fourth-order valence-electron chi connectivity index (χ4n) is 9.05. The van der Waals surface area contributed by atoms with Gasteiger partial charge in [0.05, 0.1) is 6.42 Å². The topological polar surface area (TPSA) is 138 Å². The predicted molar refractivity (Wildman–Crippen MR) is 139 cm³/mol. The summed E-state index contributed by atoms with van der Waals surface area (Å²) in [6.07, 6.45) is 8.48. The first-order valence-corrected chi connectivity index (χ1v) is 14.6. The van der Waals surface area contributed by atoms with E-state index in [0.717, 1.165) is 32.1 Å². The van der Waals surface area contributed by atoms with E-state index in [4.69, 9.17) is 4.74 Å². The zero-order valence-corrected chi connectivity index (χ0v) is 23.1. The molecule has 39 heavy (non-hydrogen) atoms. The molecule has 0 aromatic carbocycles. The Morgan fingerprint density at radius 1 is 1.00 bits per heavy atom. The second-order valence-corrected chi connectivity index (χ2v) is 13.0. The Hall–Kier alpha value is -2.55. The lowest BCUT2D eigenvalue weighted by atomic mass is 9.46. The summed E-state index contributed by atoms with van der Waals surface area (Å²) < 4.78 is 5.22. The van der Waals surface area contributed by atoms with Gasteiger partial charge in [-0.15, -0.1) is 0 Å². The Balaban J connectivity index is 1.18. The molecule has 9 heteroatoms. The third kappa shape index (κ3) is 4.54. The van der Waals surface area contributed by atoms with Crippen molar-refractivity contribution >= 4 is 29.4 Å². The van der Waals surface area contributed by atoms with Crippen LogP contribution in [0.5, 0.6) is 0 Å². The average Bonchev–Trinajstić information content (AvgIpc) is 3.50. The van der Waals surface area contributed by atoms with Crippen LogP contribution in [0, 0.1) is 28.6 Å². The molecule has 0 radical (unpaired) electrons. The van der Waals surface area contributed by atoms with Gasteiger partial charge >= 0.3 is 11.9 Å². The molecule has 1 amide bonds. The third-order valence-corrected chi connectivity index (χ3v) is 11.3. The van der Waals surface area contributed by atoms with E-state index in [2.05, 4.69) is 6.92 Å². The van der Waals surface area contributed by atoms with Crippen molar-refractivity contribution in [1.82, 2.24) is 4.90 Å². The molecule has 0 aromatic rings. The number of nitrogens with zero attached hydrogens (tertiary/aromatic N) is 1. The molecule has 4 aliphatic carbocycles. The third-order valence-electron chi connectivity index (χ3n) is 11.3. The van der Waals surface area contributed by atoms with Gasteiger partial charge in [-0.25, -0.2) is 4.79 Å². The fraction of sp³-hybridized carbons (Fsp3) is 0.767. The van der Waals surface area contributed by atoms with Gasteiger partial charge in [0.2, 0.25) is 11.7 Å². The standard InChI is InChI=1S/C30H41NO8/c1-28-12-9-19(32)16-18(28)5-6-20-21(28)10-13-29(2)22(20)11-14-30(29,38)24(33)17-39-26(35)8-7-25(34)31-15-3-4-23(31)27(36)37/h16,20-23,38H,3-15,17H2,1-2H3,(H,36,37). The van der Waals surface area contributed by atoms with Crippen LogP contribution in [0.15, 0.2) is 11.6 Å². The zero-order valence-electron chi connectivity index (χ0n) is 23.1. The SMILES string of the molecule is CC12CCC(=O)C=C1CCC1C2CCC2(C)C1CCC2(O)C(=O)COC(=O)CCC(=O)N1CCCC1C(=O)O. The van der Waals surface area contributed by atoms with E-state index in [1.54, 1.807) is 0 Å². The molecule has 5 aliphatic rings. The van der Waals surface area contributed by atoms with Crippen LogP contribution in [0.2, 0.25) is 0 Å². The summed E-state index contributed by atoms with van der Waals surface area (Å²) in [4.78, 5) is 62.9. The summed E-state index contributed by atoms with van der Waals surface area (Å²) in [5.41, 5.74) is -0.878. The Morgan fingerprint density at radius 2 is 1.74 bits per heavy atom. The van der Waals surface area contributed by atoms with Crippen LogP contribution >= 0.6 is 0 Å². The van der Waals surface area contributed by atoms with E-state index in [9.17, 15) is 34.2 Å². The van der Waals surface area contributed by atoms with Gasteiger partial charge in [0, 0.05) is 24.8 Å². The number of aliphatic hydroxyl groups is 1. The van der Waals surface area contributed by atoms with Crippen LogP contribution < -0.4 is 0 Å². The number of rotatable bonds is 7. The number of aliphatic carboxylic acids is 1. The van der Waals surface area contributed by atoms with Crippen molar-refractivity contribution in [2.24, 2.45) is 28.6 Å². The van der Waals surface area contributed by atoms with Gasteiger partial charge in [0.15, 0.2) is 12.4 Å². The van der Waals surface area contributed by atoms with Crippen molar-refractivity contribution in [3.05, 3.63) is 11.6 Å². The minimum atomic E-state index is -1.57. The molecular formula is C30H41NO8. The number of amides is 1. The summed E-state index contributed by atoms with van der Waals surface area (Å²) in [5.74, 6) is -1.41. The number of Topliss-reactive ketones (excluding diaryl/α,β-unsaturated/α-hetero) is 1. The number of hydrogen-bond acceptors (Lipinski definition) is 7. The quantitative estimate of drug-likeness (QED) is 0.467. The number of carbonyl (C=O) groups is 5. The molecule has 5 rings (SSSR count). The van der Waals surface area contributed by atoms with Crippen LogP contribution in [0.3, 0.4) is 0 Å². The van der Waals surface area contributed by atoms with Crippen LogP contribution in [0.1, 0.15) is 90.9 Å². The second kappa shape index (κ2) is 10.1. The van der Waals surface area contributed by atoms with Crippen molar-refractivity contribution in [3.8, 4) is 0 Å². The molecule has 0 bridgehead atoms. The number of fused-ring (bicyclic) bond motifs is 5. The highest BCUT2D eigenvalue weighted by Gasteiger charge is 2.66. The Kier molecular flexibility index (Phi) is 7.27. The van der Waals surface area contributed by atoms with Gasteiger partial charge in [-0.05, 0) is 87.0 Å². The molecule has 2 N–H and O–H groups in total. The molecule has 4 fully saturated rings. The maximum atomic E-state index is 13.4. The number of carbonyl (C=O) groups excluding carboxylic acids is 4. The normalized spacial score (nSPS) is 39.3. The highest BCUT2D eigenvalue weighted by molar-refractivity contribution is 5.92. The average molecular weight is 544 g/mol. The number of ketones is 2. The first-order chi connectivity index (χ1) is 18.4. The van der Waals surface area contributed by atoms with Gasteiger partial charge in [-0.1, -0.05) is 19.4 Å². The molecule has 214 valence electrons. The van der Waals surface area contributed by atoms with E-state index in [1.165, 1.54) is 10.5 Å². The highest BCUT2D eigenvalue weighted by atomic mass is 16.5. The summed E-state index contributed by atoms with van der Waals surface area (Å²) in [6.45, 7) is 4.14. The number of carboxylic acid groups (broad SMARTS) is 1. The van der Waals surface area contributed by atoms with Crippen molar-refractivity contribution in [2.75, 3.05) is 13.2 Å². The lowest BCUT2D eigenvalue weighted by Gasteiger charge is -2.58. The number of carboxylic acids is 1. The summed E-state index contributed by atoms with van der Waals surface area (Å²) in [6, 6.07) is -0.856. The van der Waals surface area contributed by atoms with Crippen molar-refractivity contribution in [2.45, 2.75) is 103 Å². The minimum Gasteiger partial charge on any atom is -0.480 e. The van der Waals surface area contributed by atoms with Gasteiger partial charge in [0.25, 0.3) is 0 Å². The Bertz CT molecular complexity index is 1110. The van der Waals surface area contributed by atoms with E-state index in [-0.39, 0.29) is 30.0 Å². The van der Waals surface area contributed by atoms with Gasteiger partial charge in [0.1, 0.15) is 11.6 Å². The lowest BCUT2D eigenvalue weighted by molar-refractivity contribution is -0.170. The van der Waals surface area contributed by atoms with Crippen LogP contribution in [-0.4, -0.2) is 69.3 Å². The van der Waals surface area contributed by atoms with E-state index in [0.29, 0.717) is 50.5 Å². The van der Waals surface area contributed by atoms with Crippen molar-refractivity contribution in [1.29, 1.82) is 0 Å². The summed E-state index contributed by atoms with van der Waals surface area (Å²) in [5, 5.41) is 21.0. The Morgan fingerprint density at radius 3 is 2.49 bits per heavy atom. The number of hydrogen-bond donors (Lipinski definition) is 2. The molecule has 1 aliphatic heterocycles. The first kappa shape index (κ1) is 28.0. The smallest absolute Gasteiger partial charge is 0.326 e. The maximum Gasteiger partial charge on any atom is 0.326 e. The highest BCUT2D eigenvalue weighted by Crippen LogP contribution is 2.67. The van der Waals surface area contributed by atoms with E-state index >= 15 is 0 Å². The van der Waals surface area contributed by atoms with Gasteiger partial charge in [-0.3, -0.25) is 19.2 Å². The van der Waals surface area contributed by atoms with Gasteiger partial charge in [-0.2, -0.15) is 0 Å². The monoisotopic (exact) mass is 543 g/mol. The van der Waals surface area contributed by atoms with Crippen LogP contribution in [0.4, 0.5) is 0 Å². The fourth-order valence-corrected chi connectivity index (χ4v) is 9.05. The van der Waals surface area contributed by atoms with Crippen molar-refractivity contribution < 1.29 is 38.9 Å². The molecular weight excluding hydrogens is 502 g/mol. The largest absolute Gasteiger partial charge is 0.480 e. The summed E-state index contributed by atoms with van der Waals surface area (Å²) >= 11 is 0. The molecule has 1 saturated heterocycles. The van der Waals surface area contributed by atoms with Crippen LogP contribution in [0.25, 0.3) is 0 Å². The molecule has 0 aromatic heterocycles. The predicted octanol–water partition coefficient (Wildman–Crippen LogP) is 3.22. The lowest BCUT2D eigenvalue weighted by Crippen LogP contribution is -2.58. The molecule has 3 saturated carbocycles. The molecule has 7 atom stereocenters. The molecule has 1 heterocycles. The number of likely N-dealkylation sites (tertiary alicyclic amines) is 1. The zero-order chi connectivity index (χ0) is 28.2.